The summed E-state index contributed by atoms with van der Waals surface area (Å²) in [6.45, 7) is 4.72. The van der Waals surface area contributed by atoms with Crippen LogP contribution in [0.15, 0.2) is 60.4 Å². The molecular formula is C22H24N2O2. The predicted octanol–water partition coefficient (Wildman–Crippen LogP) is 4.38. The summed E-state index contributed by atoms with van der Waals surface area (Å²) in [7, 11) is 1.66. The highest BCUT2D eigenvalue weighted by molar-refractivity contribution is 5.90. The number of nitrogens with one attached hydrogen (secondary N) is 1. The summed E-state index contributed by atoms with van der Waals surface area (Å²) in [5, 5.41) is 0. The maximum Gasteiger partial charge on any atom is 0.233 e. The van der Waals surface area contributed by atoms with Crippen molar-refractivity contribution in [2.75, 3.05) is 7.11 Å². The van der Waals surface area contributed by atoms with E-state index in [1.165, 1.54) is 0 Å². The van der Waals surface area contributed by atoms with Crippen molar-refractivity contribution in [1.29, 1.82) is 0 Å². The Hall–Kier alpha value is -2.75. The molecule has 1 saturated heterocycles. The number of amides is 1. The van der Waals surface area contributed by atoms with E-state index in [9.17, 15) is 4.79 Å². The van der Waals surface area contributed by atoms with Crippen LogP contribution in [0.2, 0.25) is 0 Å². The van der Waals surface area contributed by atoms with Crippen molar-refractivity contribution in [1.82, 2.24) is 9.88 Å². The average Bonchev–Trinajstić information content (AvgIpc) is 3.25. The SMILES string of the molecule is COc1ccc(CN2C(=O)C(C)(C)C3CC=C(c4ccc[nH]4)C=C32)cc1. The van der Waals surface area contributed by atoms with Gasteiger partial charge >= 0.3 is 0 Å². The highest BCUT2D eigenvalue weighted by atomic mass is 16.5. The van der Waals surface area contributed by atoms with Crippen molar-refractivity contribution in [2.45, 2.75) is 26.8 Å². The molecule has 2 heterocycles. The van der Waals surface area contributed by atoms with E-state index < -0.39 is 0 Å². The second-order valence-corrected chi connectivity index (χ2v) is 7.56. The molecule has 134 valence electrons. The molecule has 0 radical (unpaired) electrons. The molecule has 1 aliphatic carbocycles. The van der Waals surface area contributed by atoms with E-state index in [-0.39, 0.29) is 17.2 Å². The lowest BCUT2D eigenvalue weighted by atomic mass is 9.76. The Balaban J connectivity index is 1.67. The highest BCUT2D eigenvalue weighted by Gasteiger charge is 2.50. The van der Waals surface area contributed by atoms with E-state index in [2.05, 4.69) is 37.0 Å². The minimum absolute atomic E-state index is 0.200. The van der Waals surface area contributed by atoms with Gasteiger partial charge in [0.1, 0.15) is 5.75 Å². The fourth-order valence-corrected chi connectivity index (χ4v) is 4.00. The van der Waals surface area contributed by atoms with Crippen molar-refractivity contribution in [2.24, 2.45) is 11.3 Å². The zero-order chi connectivity index (χ0) is 18.3. The Morgan fingerprint density at radius 2 is 2.00 bits per heavy atom. The first-order valence-corrected chi connectivity index (χ1v) is 9.01. The molecule has 0 bridgehead atoms. The van der Waals surface area contributed by atoms with Crippen molar-refractivity contribution < 1.29 is 9.53 Å². The number of H-pyrrole nitrogens is 1. The molecule has 0 spiro atoms. The molecule has 1 atom stereocenters. The molecule has 26 heavy (non-hydrogen) atoms. The van der Waals surface area contributed by atoms with Crippen LogP contribution in [0, 0.1) is 11.3 Å². The average molecular weight is 348 g/mol. The van der Waals surface area contributed by atoms with Crippen LogP contribution in [-0.4, -0.2) is 22.9 Å². The number of fused-ring (bicyclic) bond motifs is 1. The molecule has 1 amide bonds. The molecule has 1 N–H and O–H groups in total. The van der Waals surface area contributed by atoms with Crippen LogP contribution in [0.1, 0.15) is 31.5 Å². The first-order chi connectivity index (χ1) is 12.5. The van der Waals surface area contributed by atoms with Gasteiger partial charge in [-0.3, -0.25) is 4.79 Å². The predicted molar refractivity (Wildman–Crippen MR) is 102 cm³/mol. The second kappa shape index (κ2) is 6.20. The molecule has 1 aromatic heterocycles. The fraction of sp³-hybridized carbons (Fsp3) is 0.318. The van der Waals surface area contributed by atoms with Gasteiger partial charge in [0.2, 0.25) is 5.91 Å². The summed E-state index contributed by atoms with van der Waals surface area (Å²) in [4.78, 5) is 18.4. The number of aromatic nitrogens is 1. The molecule has 4 heteroatoms. The number of hydrogen-bond acceptors (Lipinski definition) is 2. The molecule has 1 aliphatic heterocycles. The van der Waals surface area contributed by atoms with Gasteiger partial charge in [-0.15, -0.1) is 0 Å². The quantitative estimate of drug-likeness (QED) is 0.891. The van der Waals surface area contributed by atoms with Crippen molar-refractivity contribution >= 4 is 11.5 Å². The number of methoxy groups -OCH3 is 1. The number of likely N-dealkylation sites (tertiary alicyclic amines) is 1. The smallest absolute Gasteiger partial charge is 0.233 e. The largest absolute Gasteiger partial charge is 0.497 e. The van der Waals surface area contributed by atoms with E-state index in [4.69, 9.17) is 4.74 Å². The first kappa shape index (κ1) is 16.7. The van der Waals surface area contributed by atoms with Gasteiger partial charge in [-0.25, -0.2) is 0 Å². The number of rotatable bonds is 4. The summed E-state index contributed by atoms with van der Waals surface area (Å²) < 4.78 is 5.23. The van der Waals surface area contributed by atoms with Gasteiger partial charge in [0.25, 0.3) is 0 Å². The van der Waals surface area contributed by atoms with Gasteiger partial charge in [0.15, 0.2) is 0 Å². The molecule has 1 aromatic carbocycles. The number of aromatic amines is 1. The summed E-state index contributed by atoms with van der Waals surface area (Å²) in [6, 6.07) is 12.0. The van der Waals surface area contributed by atoms with Crippen LogP contribution < -0.4 is 4.74 Å². The normalized spacial score (nSPS) is 21.3. The molecule has 1 unspecified atom stereocenters. The molecule has 4 nitrogen and oxygen atoms in total. The van der Waals surface area contributed by atoms with E-state index in [1.807, 2.05) is 41.4 Å². The minimum Gasteiger partial charge on any atom is -0.497 e. The monoisotopic (exact) mass is 348 g/mol. The van der Waals surface area contributed by atoms with E-state index >= 15 is 0 Å². The van der Waals surface area contributed by atoms with Gasteiger partial charge < -0.3 is 14.6 Å². The van der Waals surface area contributed by atoms with Gasteiger partial charge in [-0.2, -0.15) is 0 Å². The Morgan fingerprint density at radius 3 is 2.65 bits per heavy atom. The van der Waals surface area contributed by atoms with Crippen LogP contribution in [0.4, 0.5) is 0 Å². The summed E-state index contributed by atoms with van der Waals surface area (Å²) >= 11 is 0. The van der Waals surface area contributed by atoms with E-state index in [1.54, 1.807) is 7.11 Å². The van der Waals surface area contributed by atoms with Crippen LogP contribution >= 0.6 is 0 Å². The summed E-state index contributed by atoms with van der Waals surface area (Å²) in [5.74, 6) is 1.26. The van der Waals surface area contributed by atoms with E-state index in [0.717, 1.165) is 34.7 Å². The molecule has 2 aromatic rings. The van der Waals surface area contributed by atoms with Crippen LogP contribution in [0.3, 0.4) is 0 Å². The minimum atomic E-state index is -0.379. The maximum atomic E-state index is 13.1. The van der Waals surface area contributed by atoms with E-state index in [0.29, 0.717) is 6.54 Å². The maximum absolute atomic E-state index is 13.1. The summed E-state index contributed by atoms with van der Waals surface area (Å²) in [6.07, 6.45) is 7.24. The number of ether oxygens (including phenoxy) is 1. The van der Waals surface area contributed by atoms with Crippen molar-refractivity contribution in [3.05, 3.63) is 71.7 Å². The lowest BCUT2D eigenvalue weighted by molar-refractivity contribution is -0.135. The Kier molecular flexibility index (Phi) is 3.98. The number of carbonyl (C=O) groups excluding carboxylic acids is 1. The van der Waals surface area contributed by atoms with Gasteiger partial charge in [0.05, 0.1) is 19.1 Å². The number of nitrogens with zero attached hydrogens (tertiary/aromatic N) is 1. The van der Waals surface area contributed by atoms with Gasteiger partial charge in [-0.05, 0) is 47.9 Å². The summed E-state index contributed by atoms with van der Waals surface area (Å²) in [5.41, 5.74) is 4.11. The lowest BCUT2D eigenvalue weighted by Gasteiger charge is -2.26. The standard InChI is InChI=1S/C22H24N2O2/c1-22(2)18-11-8-16(19-5-4-12-23-19)13-20(18)24(21(22)25)14-15-6-9-17(26-3)10-7-15/h4-10,12-13,18,23H,11,14H2,1-3H3. The molecule has 1 fully saturated rings. The fourth-order valence-electron chi connectivity index (χ4n) is 4.00. The van der Waals surface area contributed by atoms with Crippen molar-refractivity contribution in [3.63, 3.8) is 0 Å². The van der Waals surface area contributed by atoms with Crippen LogP contribution in [0.5, 0.6) is 5.75 Å². The molecular weight excluding hydrogens is 324 g/mol. The number of benzene rings is 1. The Morgan fingerprint density at radius 1 is 1.23 bits per heavy atom. The number of hydrogen-bond donors (Lipinski definition) is 1. The van der Waals surface area contributed by atoms with Crippen molar-refractivity contribution in [3.8, 4) is 5.75 Å². The highest BCUT2D eigenvalue weighted by Crippen LogP contribution is 2.49. The Bertz CT molecular complexity index is 873. The number of carbonyl (C=O) groups is 1. The number of allylic oxidation sites excluding steroid dienone is 4. The molecule has 0 saturated carbocycles. The van der Waals surface area contributed by atoms with Gasteiger partial charge in [-0.1, -0.05) is 32.1 Å². The van der Waals surface area contributed by atoms with Crippen LogP contribution in [-0.2, 0) is 11.3 Å². The first-order valence-electron chi connectivity index (χ1n) is 9.01. The zero-order valence-corrected chi connectivity index (χ0v) is 15.5. The second-order valence-electron chi connectivity index (χ2n) is 7.56. The third-order valence-electron chi connectivity index (χ3n) is 5.62. The third kappa shape index (κ3) is 2.66. The van der Waals surface area contributed by atoms with Gasteiger partial charge in [0, 0.05) is 23.5 Å². The lowest BCUT2D eigenvalue weighted by Crippen LogP contribution is -2.31. The zero-order valence-electron chi connectivity index (χ0n) is 15.5. The van der Waals surface area contributed by atoms with Crippen LogP contribution in [0.25, 0.3) is 5.57 Å². The molecule has 2 aliphatic rings. The Labute approximate surface area is 154 Å². The topological polar surface area (TPSA) is 45.3 Å². The molecule has 4 rings (SSSR count). The third-order valence-corrected chi connectivity index (χ3v) is 5.62.